The number of rotatable bonds is 7. The monoisotopic (exact) mass is 644 g/mol. The maximum atomic E-state index is 14.1. The molecule has 9 nitrogen and oxygen atoms in total. The average Bonchev–Trinajstić information content (AvgIpc) is 3.09. The zero-order valence-electron chi connectivity index (χ0n) is 26.5. The molecule has 4 N–H and O–H groups in total. The second-order valence-electron chi connectivity index (χ2n) is 13.4. The van der Waals surface area contributed by atoms with Crippen LogP contribution in [0.1, 0.15) is 61.6 Å². The van der Waals surface area contributed by atoms with E-state index in [4.69, 9.17) is 23.8 Å². The molecule has 0 aromatic heterocycles. The molecule has 2 aromatic carbocycles. The minimum absolute atomic E-state index is 0.0193. The Hall–Kier alpha value is -3.74. The van der Waals surface area contributed by atoms with E-state index in [0.29, 0.717) is 61.1 Å². The number of carbonyl (C=O) groups is 3. The van der Waals surface area contributed by atoms with E-state index in [-0.39, 0.29) is 30.3 Å². The number of fused-ring (bicyclic) bond motifs is 1. The van der Waals surface area contributed by atoms with Crippen molar-refractivity contribution in [1.29, 1.82) is 0 Å². The lowest BCUT2D eigenvalue weighted by Gasteiger charge is -2.41. The van der Waals surface area contributed by atoms with E-state index < -0.39 is 5.92 Å². The van der Waals surface area contributed by atoms with Crippen molar-refractivity contribution in [3.8, 4) is 12.3 Å². The van der Waals surface area contributed by atoms with E-state index in [9.17, 15) is 14.4 Å². The first-order chi connectivity index (χ1) is 22.3. The molecule has 0 spiro atoms. The lowest BCUT2D eigenvalue weighted by Crippen LogP contribution is -2.51. The molecule has 4 aliphatic rings. The molecule has 4 aliphatic heterocycles. The second kappa shape index (κ2) is 14.4. The summed E-state index contributed by atoms with van der Waals surface area (Å²) in [6, 6.07) is 11.4. The molecule has 0 radical (unpaired) electrons. The largest absolute Gasteiger partial charge is 0.397 e. The number of urea groups is 1. The van der Waals surface area contributed by atoms with E-state index in [1.54, 1.807) is 6.07 Å². The predicted molar refractivity (Wildman–Crippen MR) is 181 cm³/mol. The fourth-order valence-corrected chi connectivity index (χ4v) is 8.13. The summed E-state index contributed by atoms with van der Waals surface area (Å²) in [6.45, 7) is 5.27. The van der Waals surface area contributed by atoms with Crippen molar-refractivity contribution in [1.82, 2.24) is 20.0 Å². The molecule has 244 valence electrons. The molecule has 3 saturated heterocycles. The number of nitrogens with zero attached hydrogens (tertiary/aromatic N) is 3. The summed E-state index contributed by atoms with van der Waals surface area (Å²) in [5.74, 6) is 3.42. The number of hydrogen-bond donors (Lipinski definition) is 3. The number of carbonyl (C=O) groups excluding carboxylic acids is 3. The number of nitrogens with one attached hydrogen (secondary N) is 2. The second-order valence-corrected chi connectivity index (χ2v) is 13.8. The molecule has 6 rings (SSSR count). The van der Waals surface area contributed by atoms with Gasteiger partial charge in [0, 0.05) is 56.4 Å². The first-order valence-electron chi connectivity index (χ1n) is 16.8. The number of likely N-dealkylation sites (tertiary alicyclic amines) is 2. The van der Waals surface area contributed by atoms with E-state index in [2.05, 4.69) is 16.6 Å². The fraction of sp³-hybridized carbons (Fsp3) is 0.528. The third-order valence-electron chi connectivity index (χ3n) is 10.6. The summed E-state index contributed by atoms with van der Waals surface area (Å²) in [5.41, 5.74) is 9.68. The van der Waals surface area contributed by atoms with Gasteiger partial charge in [-0.3, -0.25) is 9.59 Å². The maximum absolute atomic E-state index is 14.1. The van der Waals surface area contributed by atoms with Crippen LogP contribution in [-0.2, 0) is 22.6 Å². The number of benzene rings is 2. The third-order valence-corrected chi connectivity index (χ3v) is 10.9. The molecule has 46 heavy (non-hydrogen) atoms. The number of amides is 4. The van der Waals surface area contributed by atoms with Crippen molar-refractivity contribution in [2.24, 2.45) is 17.8 Å². The van der Waals surface area contributed by atoms with Crippen molar-refractivity contribution in [3.63, 3.8) is 0 Å². The molecule has 0 bridgehead atoms. The van der Waals surface area contributed by atoms with Crippen LogP contribution < -0.4 is 16.4 Å². The SMILES string of the molecule is C#Cc1cc(C[C@@H](CC(=O)N2CCC(N3Cc4ccccc4NC3=O)CC2)C(=O)N2CCC(C3CCNCC3)CC2)cc(Cl)c1N. The Morgan fingerprint density at radius 1 is 0.978 bits per heavy atom. The van der Waals surface area contributed by atoms with Gasteiger partial charge in [-0.2, -0.15) is 0 Å². The minimum atomic E-state index is -0.532. The number of piperidine rings is 3. The maximum Gasteiger partial charge on any atom is 0.322 e. The molecular weight excluding hydrogens is 600 g/mol. The van der Waals surface area contributed by atoms with Crippen LogP contribution >= 0.6 is 11.6 Å². The van der Waals surface area contributed by atoms with Gasteiger partial charge in [-0.25, -0.2) is 4.79 Å². The fourth-order valence-electron chi connectivity index (χ4n) is 7.89. The first-order valence-corrected chi connectivity index (χ1v) is 17.2. The van der Waals surface area contributed by atoms with Gasteiger partial charge < -0.3 is 31.1 Å². The molecule has 0 saturated carbocycles. The number of halogens is 1. The summed E-state index contributed by atoms with van der Waals surface area (Å²) < 4.78 is 0. The van der Waals surface area contributed by atoms with E-state index in [1.807, 2.05) is 45.0 Å². The van der Waals surface area contributed by atoms with Crippen molar-refractivity contribution < 1.29 is 14.4 Å². The molecular formula is C36H45ClN6O3. The van der Waals surface area contributed by atoms with Crippen LogP contribution in [0.4, 0.5) is 16.2 Å². The van der Waals surface area contributed by atoms with E-state index >= 15 is 0 Å². The Morgan fingerprint density at radius 3 is 2.37 bits per heavy atom. The van der Waals surface area contributed by atoms with Crippen LogP contribution in [0.15, 0.2) is 36.4 Å². The zero-order valence-corrected chi connectivity index (χ0v) is 27.2. The standard InChI is InChI=1S/C36H45ClN6O3/c1-2-25-19-24(21-31(37)34(25)38)20-29(35(45)42-15-9-27(10-16-42)26-7-13-39-14-8-26)22-33(44)41-17-11-30(12-18-41)43-23-28-5-3-4-6-32(28)40-36(43)46/h1,3-6,19,21,26-27,29-30,39H,7-18,20,22-23,38H2,(H,40,46)/t29-/m0/s1. The number of hydrogen-bond acceptors (Lipinski definition) is 5. The highest BCUT2D eigenvalue weighted by Gasteiger charge is 2.36. The van der Waals surface area contributed by atoms with Gasteiger partial charge in [-0.1, -0.05) is 35.7 Å². The van der Waals surface area contributed by atoms with Crippen LogP contribution in [0, 0.1) is 30.1 Å². The molecule has 2 aromatic rings. The molecule has 3 fully saturated rings. The quantitative estimate of drug-likeness (QED) is 0.298. The Labute approximate surface area is 277 Å². The zero-order chi connectivity index (χ0) is 32.2. The number of para-hydroxylation sites is 1. The van der Waals surface area contributed by atoms with Crippen molar-refractivity contribution in [2.75, 3.05) is 50.3 Å². The summed E-state index contributed by atoms with van der Waals surface area (Å²) in [5, 5.41) is 6.82. The van der Waals surface area contributed by atoms with Gasteiger partial charge in [0.15, 0.2) is 0 Å². The van der Waals surface area contributed by atoms with E-state index in [0.717, 1.165) is 61.8 Å². The summed E-state index contributed by atoms with van der Waals surface area (Å²) >= 11 is 6.41. The molecule has 0 aliphatic carbocycles. The Bertz CT molecular complexity index is 1490. The molecule has 4 amide bonds. The lowest BCUT2D eigenvalue weighted by molar-refractivity contribution is -0.143. The normalized spacial score (nSPS) is 20.5. The molecule has 1 atom stereocenters. The highest BCUT2D eigenvalue weighted by molar-refractivity contribution is 6.33. The topological polar surface area (TPSA) is 111 Å². The minimum Gasteiger partial charge on any atom is -0.397 e. The summed E-state index contributed by atoms with van der Waals surface area (Å²) in [7, 11) is 0. The van der Waals surface area contributed by atoms with E-state index in [1.165, 1.54) is 12.8 Å². The van der Waals surface area contributed by atoms with Crippen molar-refractivity contribution >= 4 is 40.8 Å². The van der Waals surface area contributed by atoms with Crippen LogP contribution in [0.25, 0.3) is 0 Å². The van der Waals surface area contributed by atoms with Crippen LogP contribution in [0.5, 0.6) is 0 Å². The van der Waals surface area contributed by atoms with Gasteiger partial charge in [-0.15, -0.1) is 6.42 Å². The van der Waals surface area contributed by atoms with Crippen molar-refractivity contribution in [2.45, 2.75) is 64.0 Å². The smallest absolute Gasteiger partial charge is 0.322 e. The van der Waals surface area contributed by atoms with Gasteiger partial charge in [0.2, 0.25) is 11.8 Å². The lowest BCUT2D eigenvalue weighted by atomic mass is 9.79. The third kappa shape index (κ3) is 7.13. The van der Waals surface area contributed by atoms with Crippen LogP contribution in [0.3, 0.4) is 0 Å². The molecule has 4 heterocycles. The van der Waals surface area contributed by atoms with Gasteiger partial charge in [-0.05, 0) is 99.2 Å². The van der Waals surface area contributed by atoms with Gasteiger partial charge in [0.25, 0.3) is 0 Å². The molecule has 0 unspecified atom stereocenters. The number of anilines is 2. The Morgan fingerprint density at radius 2 is 1.65 bits per heavy atom. The number of nitrogen functional groups attached to an aromatic ring is 1. The predicted octanol–water partition coefficient (Wildman–Crippen LogP) is 4.73. The number of nitrogens with two attached hydrogens (primary N) is 1. The summed E-state index contributed by atoms with van der Waals surface area (Å²) in [6.07, 6.45) is 12.0. The molecule has 10 heteroatoms. The first kappa shape index (κ1) is 32.2. The number of terminal acetylenes is 1. The summed E-state index contributed by atoms with van der Waals surface area (Å²) in [4.78, 5) is 46.5. The van der Waals surface area contributed by atoms with Crippen LogP contribution in [-0.4, -0.2) is 77.9 Å². The van der Waals surface area contributed by atoms with Gasteiger partial charge in [0.05, 0.1) is 16.6 Å². The van der Waals surface area contributed by atoms with Crippen LogP contribution in [0.2, 0.25) is 5.02 Å². The highest BCUT2D eigenvalue weighted by atomic mass is 35.5. The average molecular weight is 645 g/mol. The highest BCUT2D eigenvalue weighted by Crippen LogP contribution is 2.33. The van der Waals surface area contributed by atoms with Crippen molar-refractivity contribution in [3.05, 3.63) is 58.1 Å². The Balaban J connectivity index is 1.11. The Kier molecular flexibility index (Phi) is 10.1. The van der Waals surface area contributed by atoms with Gasteiger partial charge >= 0.3 is 6.03 Å². The van der Waals surface area contributed by atoms with Gasteiger partial charge in [0.1, 0.15) is 0 Å².